The first-order valence-electron chi connectivity index (χ1n) is 9.78. The molecule has 6 heteroatoms. The highest BCUT2D eigenvalue weighted by Gasteiger charge is 2.30. The first kappa shape index (κ1) is 21.1. The molecule has 0 unspecified atom stereocenters. The Morgan fingerprint density at radius 3 is 2.42 bits per heavy atom. The summed E-state index contributed by atoms with van der Waals surface area (Å²) in [5.41, 5.74) is 2.52. The molecular weight excluding hydrogens is 428 g/mol. The zero-order valence-electron chi connectivity index (χ0n) is 17.1. The number of nitrogens with zero attached hydrogens (tertiary/aromatic N) is 1. The molecule has 0 atom stereocenters. The number of ether oxygens (including phenoxy) is 1. The van der Waals surface area contributed by atoms with Gasteiger partial charge in [-0.15, -0.1) is 11.3 Å². The van der Waals surface area contributed by atoms with Gasteiger partial charge in [-0.2, -0.15) is 0 Å². The SMILES string of the molecule is CC(C)(Oc1ccc(Cl)cc1)C(=O)Nc1cccc(-c2csc(-c3ccccc3)n2)c1. The van der Waals surface area contributed by atoms with Crippen molar-refractivity contribution >= 4 is 34.5 Å². The van der Waals surface area contributed by atoms with Gasteiger partial charge >= 0.3 is 0 Å². The van der Waals surface area contributed by atoms with E-state index in [-0.39, 0.29) is 5.91 Å². The molecule has 0 spiro atoms. The highest BCUT2D eigenvalue weighted by atomic mass is 35.5. The minimum Gasteiger partial charge on any atom is -0.478 e. The maximum atomic E-state index is 12.9. The number of nitrogens with one attached hydrogen (secondary N) is 1. The lowest BCUT2D eigenvalue weighted by atomic mass is 10.1. The molecule has 0 saturated carbocycles. The summed E-state index contributed by atoms with van der Waals surface area (Å²) >= 11 is 7.51. The minimum absolute atomic E-state index is 0.247. The Bertz CT molecular complexity index is 1190. The normalized spacial score (nSPS) is 11.2. The van der Waals surface area contributed by atoms with Crippen LogP contribution in [0.25, 0.3) is 21.8 Å². The lowest BCUT2D eigenvalue weighted by molar-refractivity contribution is -0.128. The van der Waals surface area contributed by atoms with Crippen LogP contribution in [0.3, 0.4) is 0 Å². The van der Waals surface area contributed by atoms with Crippen LogP contribution in [0.5, 0.6) is 5.75 Å². The number of rotatable bonds is 6. The van der Waals surface area contributed by atoms with E-state index in [4.69, 9.17) is 21.3 Å². The zero-order chi connectivity index (χ0) is 21.8. The van der Waals surface area contributed by atoms with E-state index in [1.807, 2.05) is 60.0 Å². The standard InChI is InChI=1S/C25H21ClN2O2S/c1-25(2,30-21-13-11-19(26)12-14-21)24(29)27-20-10-6-9-18(15-20)22-16-31-23(28-22)17-7-4-3-5-8-17/h3-16H,1-2H3,(H,27,29). The molecule has 1 heterocycles. The van der Waals surface area contributed by atoms with Gasteiger partial charge in [0.05, 0.1) is 5.69 Å². The molecule has 0 aliphatic carbocycles. The van der Waals surface area contributed by atoms with Crippen molar-refractivity contribution in [2.24, 2.45) is 0 Å². The van der Waals surface area contributed by atoms with Gasteiger partial charge in [0.15, 0.2) is 5.60 Å². The molecule has 1 amide bonds. The van der Waals surface area contributed by atoms with Crippen LogP contribution in [-0.4, -0.2) is 16.5 Å². The van der Waals surface area contributed by atoms with Gasteiger partial charge in [-0.25, -0.2) is 4.98 Å². The fourth-order valence-corrected chi connectivity index (χ4v) is 3.96. The number of hydrogen-bond donors (Lipinski definition) is 1. The number of anilines is 1. The fourth-order valence-electron chi connectivity index (χ4n) is 3.00. The Morgan fingerprint density at radius 2 is 1.68 bits per heavy atom. The lowest BCUT2D eigenvalue weighted by Gasteiger charge is -2.25. The maximum Gasteiger partial charge on any atom is 0.267 e. The van der Waals surface area contributed by atoms with Gasteiger partial charge in [0.2, 0.25) is 0 Å². The van der Waals surface area contributed by atoms with Crippen LogP contribution >= 0.6 is 22.9 Å². The molecule has 0 bridgehead atoms. The minimum atomic E-state index is -1.06. The van der Waals surface area contributed by atoms with E-state index in [1.165, 1.54) is 0 Å². The molecule has 1 N–H and O–H groups in total. The summed E-state index contributed by atoms with van der Waals surface area (Å²) in [6.07, 6.45) is 0. The highest BCUT2D eigenvalue weighted by molar-refractivity contribution is 7.13. The van der Waals surface area contributed by atoms with Crippen molar-refractivity contribution in [1.82, 2.24) is 4.98 Å². The van der Waals surface area contributed by atoms with Gasteiger partial charge < -0.3 is 10.1 Å². The second-order valence-corrected chi connectivity index (χ2v) is 8.80. The first-order chi connectivity index (χ1) is 14.9. The van der Waals surface area contributed by atoms with E-state index in [0.717, 1.165) is 21.8 Å². The van der Waals surface area contributed by atoms with Crippen LogP contribution in [0.15, 0.2) is 84.2 Å². The molecule has 0 saturated heterocycles. The molecule has 3 aromatic carbocycles. The second-order valence-electron chi connectivity index (χ2n) is 7.51. The number of halogens is 1. The monoisotopic (exact) mass is 448 g/mol. The Labute approximate surface area is 190 Å². The Kier molecular flexibility index (Phi) is 6.07. The number of carbonyl (C=O) groups is 1. The molecule has 4 rings (SSSR count). The summed E-state index contributed by atoms with van der Waals surface area (Å²) < 4.78 is 5.88. The topological polar surface area (TPSA) is 51.2 Å². The molecule has 156 valence electrons. The summed E-state index contributed by atoms with van der Waals surface area (Å²) in [6.45, 7) is 3.46. The van der Waals surface area contributed by atoms with Crippen molar-refractivity contribution in [3.8, 4) is 27.6 Å². The third-order valence-corrected chi connectivity index (χ3v) is 5.82. The van der Waals surface area contributed by atoms with E-state index in [1.54, 1.807) is 49.4 Å². The van der Waals surface area contributed by atoms with Crippen LogP contribution < -0.4 is 10.1 Å². The molecular formula is C25H21ClN2O2S. The number of hydrogen-bond acceptors (Lipinski definition) is 4. The molecule has 1 aromatic heterocycles. The number of amides is 1. The van der Waals surface area contributed by atoms with Gasteiger partial charge in [-0.1, -0.05) is 54.1 Å². The van der Waals surface area contributed by atoms with Gasteiger partial charge in [-0.3, -0.25) is 4.79 Å². The number of carbonyl (C=O) groups excluding carboxylic acids is 1. The van der Waals surface area contributed by atoms with E-state index in [2.05, 4.69) is 5.32 Å². The number of aromatic nitrogens is 1. The average molecular weight is 449 g/mol. The molecule has 0 aliphatic heterocycles. The Morgan fingerprint density at radius 1 is 0.968 bits per heavy atom. The van der Waals surface area contributed by atoms with Crippen LogP contribution in [-0.2, 0) is 4.79 Å². The van der Waals surface area contributed by atoms with Gasteiger partial charge in [0, 0.05) is 27.2 Å². The smallest absolute Gasteiger partial charge is 0.267 e. The summed E-state index contributed by atoms with van der Waals surface area (Å²) in [4.78, 5) is 17.6. The van der Waals surface area contributed by atoms with E-state index >= 15 is 0 Å². The molecule has 0 fully saturated rings. The van der Waals surface area contributed by atoms with Crippen LogP contribution in [0.2, 0.25) is 5.02 Å². The predicted octanol–water partition coefficient (Wildman–Crippen LogP) is 6.93. The van der Waals surface area contributed by atoms with Crippen molar-refractivity contribution < 1.29 is 9.53 Å². The van der Waals surface area contributed by atoms with E-state index in [0.29, 0.717) is 16.5 Å². The molecule has 31 heavy (non-hydrogen) atoms. The van der Waals surface area contributed by atoms with Gasteiger partial charge in [0.1, 0.15) is 10.8 Å². The fraction of sp³-hybridized carbons (Fsp3) is 0.120. The van der Waals surface area contributed by atoms with Crippen molar-refractivity contribution in [2.45, 2.75) is 19.4 Å². The summed E-state index contributed by atoms with van der Waals surface area (Å²) in [5, 5.41) is 6.55. The number of benzene rings is 3. The van der Waals surface area contributed by atoms with Crippen LogP contribution in [0.4, 0.5) is 5.69 Å². The molecule has 0 aliphatic rings. The van der Waals surface area contributed by atoms with Crippen LogP contribution in [0, 0.1) is 0 Å². The van der Waals surface area contributed by atoms with Crippen molar-refractivity contribution in [1.29, 1.82) is 0 Å². The third-order valence-electron chi connectivity index (χ3n) is 4.67. The summed E-state index contributed by atoms with van der Waals surface area (Å²) in [5.74, 6) is 0.331. The largest absolute Gasteiger partial charge is 0.478 e. The Balaban J connectivity index is 1.49. The first-order valence-corrected chi connectivity index (χ1v) is 11.0. The van der Waals surface area contributed by atoms with Gasteiger partial charge in [-0.05, 0) is 50.2 Å². The quantitative estimate of drug-likeness (QED) is 0.348. The summed E-state index contributed by atoms with van der Waals surface area (Å²) in [7, 11) is 0. The van der Waals surface area contributed by atoms with Crippen molar-refractivity contribution in [2.75, 3.05) is 5.32 Å². The zero-order valence-corrected chi connectivity index (χ0v) is 18.7. The Hall–Kier alpha value is -3.15. The van der Waals surface area contributed by atoms with E-state index < -0.39 is 5.60 Å². The molecule has 4 aromatic rings. The van der Waals surface area contributed by atoms with Crippen molar-refractivity contribution in [3.63, 3.8) is 0 Å². The summed E-state index contributed by atoms with van der Waals surface area (Å²) in [6, 6.07) is 24.7. The van der Waals surface area contributed by atoms with Gasteiger partial charge in [0.25, 0.3) is 5.91 Å². The van der Waals surface area contributed by atoms with Crippen LogP contribution in [0.1, 0.15) is 13.8 Å². The molecule has 0 radical (unpaired) electrons. The third kappa shape index (κ3) is 5.13. The predicted molar refractivity (Wildman–Crippen MR) is 128 cm³/mol. The lowest BCUT2D eigenvalue weighted by Crippen LogP contribution is -2.42. The highest BCUT2D eigenvalue weighted by Crippen LogP contribution is 2.30. The number of thiazole rings is 1. The van der Waals surface area contributed by atoms with E-state index in [9.17, 15) is 4.79 Å². The average Bonchev–Trinajstić information content (AvgIpc) is 3.26. The maximum absolute atomic E-state index is 12.9. The molecule has 4 nitrogen and oxygen atoms in total. The van der Waals surface area contributed by atoms with Crippen molar-refractivity contribution in [3.05, 3.63) is 89.3 Å². The second kappa shape index (κ2) is 8.92.